The number of nitro groups is 1. The number of nitro benzene ring substituents is 1. The summed E-state index contributed by atoms with van der Waals surface area (Å²) in [5.41, 5.74) is 0.894. The van der Waals surface area contributed by atoms with E-state index in [1.807, 2.05) is 24.8 Å². The molecular formula is C12H19N3O3. The summed E-state index contributed by atoms with van der Waals surface area (Å²) in [6.07, 6.45) is 0. The number of aliphatic hydroxyl groups excluding tert-OH is 1. The smallest absolute Gasteiger partial charge is 0.273 e. The molecule has 0 aliphatic heterocycles. The first kappa shape index (κ1) is 14.2. The lowest BCUT2D eigenvalue weighted by atomic mass is 10.0. The molecule has 0 aliphatic rings. The second-order valence-corrected chi connectivity index (χ2v) is 4.77. The van der Waals surface area contributed by atoms with Crippen molar-refractivity contribution in [3.05, 3.63) is 28.3 Å². The summed E-state index contributed by atoms with van der Waals surface area (Å²) in [7, 11) is 3.51. The van der Waals surface area contributed by atoms with Crippen molar-refractivity contribution >= 4 is 17.1 Å². The van der Waals surface area contributed by atoms with E-state index >= 15 is 0 Å². The van der Waals surface area contributed by atoms with E-state index in [1.165, 1.54) is 12.1 Å². The second-order valence-electron chi connectivity index (χ2n) is 4.77. The van der Waals surface area contributed by atoms with Crippen LogP contribution in [0.3, 0.4) is 0 Å². The molecule has 0 saturated heterocycles. The molecule has 0 heterocycles. The van der Waals surface area contributed by atoms with Gasteiger partial charge in [-0.3, -0.25) is 10.1 Å². The molecule has 1 aromatic carbocycles. The zero-order valence-corrected chi connectivity index (χ0v) is 11.1. The number of rotatable bonds is 5. The summed E-state index contributed by atoms with van der Waals surface area (Å²) in [6.45, 7) is 3.69. The van der Waals surface area contributed by atoms with Gasteiger partial charge in [-0.1, -0.05) is 0 Å². The number of anilines is 2. The molecule has 6 nitrogen and oxygen atoms in total. The van der Waals surface area contributed by atoms with Crippen molar-refractivity contribution in [2.45, 2.75) is 19.4 Å². The molecule has 0 radical (unpaired) electrons. The van der Waals surface area contributed by atoms with E-state index in [9.17, 15) is 15.2 Å². The Balaban J connectivity index is 3.23. The number of benzene rings is 1. The van der Waals surface area contributed by atoms with Crippen LogP contribution in [0.4, 0.5) is 17.1 Å². The van der Waals surface area contributed by atoms with E-state index in [0.717, 1.165) is 0 Å². The van der Waals surface area contributed by atoms with Crippen LogP contribution in [-0.4, -0.2) is 36.3 Å². The minimum Gasteiger partial charge on any atom is -0.394 e. The number of nitrogens with zero attached hydrogens (tertiary/aromatic N) is 2. The van der Waals surface area contributed by atoms with Crippen LogP contribution in [-0.2, 0) is 0 Å². The van der Waals surface area contributed by atoms with Gasteiger partial charge in [-0.15, -0.1) is 0 Å². The predicted molar refractivity (Wildman–Crippen MR) is 72.2 cm³/mol. The summed E-state index contributed by atoms with van der Waals surface area (Å²) in [6, 6.07) is 4.78. The standard InChI is InChI=1S/C12H19N3O3/c1-12(2,8-16)14(4)10-5-9(13-3)6-11(7-10)15(17)18/h5-7,13,16H,8H2,1-4H3. The molecule has 0 spiro atoms. The van der Waals surface area contributed by atoms with Gasteiger partial charge in [0, 0.05) is 37.6 Å². The second kappa shape index (κ2) is 5.22. The van der Waals surface area contributed by atoms with Crippen molar-refractivity contribution in [3.8, 4) is 0 Å². The maximum absolute atomic E-state index is 10.9. The summed E-state index contributed by atoms with van der Waals surface area (Å²) < 4.78 is 0. The Kier molecular flexibility index (Phi) is 4.13. The molecule has 100 valence electrons. The molecule has 0 aliphatic carbocycles. The Morgan fingerprint density at radius 3 is 2.50 bits per heavy atom. The number of likely N-dealkylation sites (N-methyl/N-ethyl adjacent to an activating group) is 1. The lowest BCUT2D eigenvalue weighted by Gasteiger charge is -2.35. The molecule has 0 atom stereocenters. The lowest BCUT2D eigenvalue weighted by molar-refractivity contribution is -0.384. The van der Waals surface area contributed by atoms with Crippen LogP contribution in [0.15, 0.2) is 18.2 Å². The Morgan fingerprint density at radius 2 is 2.06 bits per heavy atom. The van der Waals surface area contributed by atoms with Crippen LogP contribution in [0.5, 0.6) is 0 Å². The Hall–Kier alpha value is -1.82. The highest BCUT2D eigenvalue weighted by atomic mass is 16.6. The molecule has 18 heavy (non-hydrogen) atoms. The van der Waals surface area contributed by atoms with Crippen molar-refractivity contribution in [3.63, 3.8) is 0 Å². The third-order valence-electron chi connectivity index (χ3n) is 3.08. The highest BCUT2D eigenvalue weighted by Crippen LogP contribution is 2.29. The summed E-state index contributed by atoms with van der Waals surface area (Å²) >= 11 is 0. The van der Waals surface area contributed by atoms with E-state index in [1.54, 1.807) is 14.1 Å². The summed E-state index contributed by atoms with van der Waals surface area (Å²) in [5, 5.41) is 23.1. The quantitative estimate of drug-likeness (QED) is 0.618. The van der Waals surface area contributed by atoms with Crippen molar-refractivity contribution in [1.29, 1.82) is 0 Å². The van der Waals surface area contributed by atoms with E-state index in [2.05, 4.69) is 5.32 Å². The van der Waals surface area contributed by atoms with E-state index in [-0.39, 0.29) is 12.3 Å². The molecule has 6 heteroatoms. The molecule has 2 N–H and O–H groups in total. The maximum atomic E-state index is 10.9. The maximum Gasteiger partial charge on any atom is 0.273 e. The highest BCUT2D eigenvalue weighted by molar-refractivity contribution is 5.64. The average molecular weight is 253 g/mol. The van der Waals surface area contributed by atoms with E-state index in [4.69, 9.17) is 0 Å². The van der Waals surface area contributed by atoms with Gasteiger partial charge in [0.1, 0.15) is 0 Å². The van der Waals surface area contributed by atoms with Gasteiger partial charge in [-0.05, 0) is 19.9 Å². The van der Waals surface area contributed by atoms with Gasteiger partial charge in [0.15, 0.2) is 0 Å². The number of hydrogen-bond acceptors (Lipinski definition) is 5. The van der Waals surface area contributed by atoms with Crippen LogP contribution < -0.4 is 10.2 Å². The lowest BCUT2D eigenvalue weighted by Crippen LogP contribution is -2.44. The molecule has 0 bridgehead atoms. The van der Waals surface area contributed by atoms with Crippen LogP contribution in [0.25, 0.3) is 0 Å². The van der Waals surface area contributed by atoms with Gasteiger partial charge >= 0.3 is 0 Å². The van der Waals surface area contributed by atoms with Crippen LogP contribution >= 0.6 is 0 Å². The van der Waals surface area contributed by atoms with Gasteiger partial charge < -0.3 is 15.3 Å². The molecule has 0 saturated carbocycles. The van der Waals surface area contributed by atoms with Gasteiger partial charge in [0.25, 0.3) is 5.69 Å². The third-order valence-corrected chi connectivity index (χ3v) is 3.08. The van der Waals surface area contributed by atoms with Crippen molar-refractivity contribution in [2.24, 2.45) is 0 Å². The Labute approximate surface area is 106 Å². The summed E-state index contributed by atoms with van der Waals surface area (Å²) in [4.78, 5) is 12.3. The fourth-order valence-electron chi connectivity index (χ4n) is 1.49. The first-order valence-corrected chi connectivity index (χ1v) is 5.64. The number of nitrogens with one attached hydrogen (secondary N) is 1. The topological polar surface area (TPSA) is 78.6 Å². The SMILES string of the molecule is CNc1cc(N(C)C(C)(C)CO)cc([N+](=O)[O-])c1. The fraction of sp³-hybridized carbons (Fsp3) is 0.500. The average Bonchev–Trinajstić information content (AvgIpc) is 2.36. The Morgan fingerprint density at radius 1 is 1.44 bits per heavy atom. The molecule has 1 aromatic rings. The highest BCUT2D eigenvalue weighted by Gasteiger charge is 2.24. The Bertz CT molecular complexity index is 446. The van der Waals surface area contributed by atoms with Gasteiger partial charge in [0.05, 0.1) is 17.1 Å². The molecule has 0 amide bonds. The van der Waals surface area contributed by atoms with Gasteiger partial charge in [-0.25, -0.2) is 0 Å². The fourth-order valence-corrected chi connectivity index (χ4v) is 1.49. The predicted octanol–water partition coefficient (Wildman–Crippen LogP) is 1.84. The van der Waals surface area contributed by atoms with Crippen LogP contribution in [0, 0.1) is 10.1 Å². The van der Waals surface area contributed by atoms with Crippen LogP contribution in [0.1, 0.15) is 13.8 Å². The van der Waals surface area contributed by atoms with Gasteiger partial charge in [-0.2, -0.15) is 0 Å². The first-order chi connectivity index (χ1) is 8.31. The first-order valence-electron chi connectivity index (χ1n) is 5.64. The normalized spacial score (nSPS) is 11.2. The van der Waals surface area contributed by atoms with Crippen molar-refractivity contribution < 1.29 is 10.0 Å². The molecule has 0 fully saturated rings. The van der Waals surface area contributed by atoms with E-state index < -0.39 is 10.5 Å². The zero-order chi connectivity index (χ0) is 13.9. The zero-order valence-electron chi connectivity index (χ0n) is 11.1. The van der Waals surface area contributed by atoms with Crippen LogP contribution in [0.2, 0.25) is 0 Å². The molecular weight excluding hydrogens is 234 g/mol. The largest absolute Gasteiger partial charge is 0.394 e. The van der Waals surface area contributed by atoms with Crippen molar-refractivity contribution in [2.75, 3.05) is 30.9 Å². The molecule has 0 aromatic heterocycles. The number of hydrogen-bond donors (Lipinski definition) is 2. The number of aliphatic hydroxyl groups is 1. The number of non-ortho nitro benzene ring substituents is 1. The molecule has 0 unspecified atom stereocenters. The van der Waals surface area contributed by atoms with E-state index in [0.29, 0.717) is 11.4 Å². The summed E-state index contributed by atoms with van der Waals surface area (Å²) in [5.74, 6) is 0. The monoisotopic (exact) mass is 253 g/mol. The van der Waals surface area contributed by atoms with Crippen molar-refractivity contribution in [1.82, 2.24) is 0 Å². The minimum absolute atomic E-state index is 0.0254. The van der Waals surface area contributed by atoms with Gasteiger partial charge in [0.2, 0.25) is 0 Å². The molecule has 1 rings (SSSR count). The third kappa shape index (κ3) is 2.89. The minimum atomic E-state index is -0.486.